The van der Waals surface area contributed by atoms with Crippen molar-refractivity contribution in [1.82, 2.24) is 10.2 Å². The zero-order valence-electron chi connectivity index (χ0n) is 10.8. The molecule has 0 aliphatic carbocycles. The Morgan fingerprint density at radius 2 is 2.15 bits per heavy atom. The van der Waals surface area contributed by atoms with E-state index in [1.165, 1.54) is 0 Å². The lowest BCUT2D eigenvalue weighted by molar-refractivity contribution is 0.102. The molecular formula is C15H14N4O. The van der Waals surface area contributed by atoms with Crippen LogP contribution in [-0.2, 0) is 6.54 Å². The zero-order valence-corrected chi connectivity index (χ0v) is 10.8. The van der Waals surface area contributed by atoms with Crippen LogP contribution >= 0.6 is 0 Å². The van der Waals surface area contributed by atoms with Gasteiger partial charge in [-0.3, -0.25) is 9.89 Å². The van der Waals surface area contributed by atoms with Crippen LogP contribution in [0.3, 0.4) is 0 Å². The molecule has 1 heterocycles. The van der Waals surface area contributed by atoms with Crippen molar-refractivity contribution in [2.75, 3.05) is 5.32 Å². The van der Waals surface area contributed by atoms with Crippen molar-refractivity contribution in [2.45, 2.75) is 6.54 Å². The van der Waals surface area contributed by atoms with Crippen LogP contribution in [0.4, 0.5) is 5.69 Å². The first-order valence-corrected chi connectivity index (χ1v) is 6.30. The van der Waals surface area contributed by atoms with Gasteiger partial charge in [0, 0.05) is 23.2 Å². The molecule has 0 spiro atoms. The number of nitrogens with two attached hydrogens (primary N) is 1. The van der Waals surface area contributed by atoms with Crippen LogP contribution in [0.2, 0.25) is 0 Å². The van der Waals surface area contributed by atoms with Gasteiger partial charge in [-0.1, -0.05) is 12.1 Å². The smallest absolute Gasteiger partial charge is 0.255 e. The molecule has 1 amide bonds. The summed E-state index contributed by atoms with van der Waals surface area (Å²) in [6, 6.07) is 12.9. The number of H-pyrrole nitrogens is 1. The zero-order chi connectivity index (χ0) is 13.9. The van der Waals surface area contributed by atoms with E-state index in [2.05, 4.69) is 15.5 Å². The first-order chi connectivity index (χ1) is 9.76. The molecule has 100 valence electrons. The fourth-order valence-corrected chi connectivity index (χ4v) is 2.06. The molecule has 0 aliphatic rings. The summed E-state index contributed by atoms with van der Waals surface area (Å²) < 4.78 is 0. The number of fused-ring (bicyclic) bond motifs is 1. The van der Waals surface area contributed by atoms with Crippen molar-refractivity contribution in [3.63, 3.8) is 0 Å². The van der Waals surface area contributed by atoms with E-state index in [1.807, 2.05) is 30.3 Å². The Hall–Kier alpha value is -2.66. The predicted molar refractivity (Wildman–Crippen MR) is 78.4 cm³/mol. The number of benzene rings is 2. The van der Waals surface area contributed by atoms with Crippen LogP contribution in [0.5, 0.6) is 0 Å². The van der Waals surface area contributed by atoms with Gasteiger partial charge >= 0.3 is 0 Å². The van der Waals surface area contributed by atoms with Gasteiger partial charge in [0.2, 0.25) is 0 Å². The Morgan fingerprint density at radius 1 is 1.25 bits per heavy atom. The van der Waals surface area contributed by atoms with Crippen LogP contribution in [0.25, 0.3) is 10.9 Å². The number of amides is 1. The highest BCUT2D eigenvalue weighted by molar-refractivity contribution is 6.05. The molecule has 0 aliphatic heterocycles. The Morgan fingerprint density at radius 3 is 3.00 bits per heavy atom. The molecule has 0 fully saturated rings. The van der Waals surface area contributed by atoms with E-state index >= 15 is 0 Å². The summed E-state index contributed by atoms with van der Waals surface area (Å²) >= 11 is 0. The van der Waals surface area contributed by atoms with Gasteiger partial charge in [-0.15, -0.1) is 0 Å². The van der Waals surface area contributed by atoms with Gasteiger partial charge in [0.05, 0.1) is 11.7 Å². The highest BCUT2D eigenvalue weighted by Crippen LogP contribution is 2.17. The van der Waals surface area contributed by atoms with Gasteiger partial charge in [0.1, 0.15) is 0 Å². The topological polar surface area (TPSA) is 83.8 Å². The van der Waals surface area contributed by atoms with Crippen LogP contribution in [0.15, 0.2) is 48.7 Å². The van der Waals surface area contributed by atoms with Crippen molar-refractivity contribution in [1.29, 1.82) is 0 Å². The molecule has 20 heavy (non-hydrogen) atoms. The maximum absolute atomic E-state index is 12.2. The van der Waals surface area contributed by atoms with E-state index in [0.717, 1.165) is 22.2 Å². The van der Waals surface area contributed by atoms with E-state index in [4.69, 9.17) is 5.73 Å². The van der Waals surface area contributed by atoms with E-state index < -0.39 is 0 Å². The normalized spacial score (nSPS) is 10.7. The Labute approximate surface area is 115 Å². The van der Waals surface area contributed by atoms with Crippen LogP contribution in [-0.4, -0.2) is 16.1 Å². The third-order valence-electron chi connectivity index (χ3n) is 3.12. The second-order valence-corrected chi connectivity index (χ2v) is 4.53. The third kappa shape index (κ3) is 2.39. The van der Waals surface area contributed by atoms with Gasteiger partial charge in [-0.2, -0.15) is 5.10 Å². The quantitative estimate of drug-likeness (QED) is 0.680. The predicted octanol–water partition coefficient (Wildman–Crippen LogP) is 2.27. The molecule has 4 N–H and O–H groups in total. The van der Waals surface area contributed by atoms with Gasteiger partial charge in [0.25, 0.3) is 5.91 Å². The summed E-state index contributed by atoms with van der Waals surface area (Å²) in [5.74, 6) is -0.150. The number of hydrogen-bond donors (Lipinski definition) is 3. The molecule has 0 unspecified atom stereocenters. The molecule has 2 aromatic carbocycles. The van der Waals surface area contributed by atoms with Gasteiger partial charge < -0.3 is 11.1 Å². The van der Waals surface area contributed by atoms with E-state index in [0.29, 0.717) is 12.1 Å². The first-order valence-electron chi connectivity index (χ1n) is 6.30. The summed E-state index contributed by atoms with van der Waals surface area (Å²) in [4.78, 5) is 12.2. The molecule has 0 bridgehead atoms. The maximum atomic E-state index is 12.2. The number of anilines is 1. The Bertz CT molecular complexity index is 763. The minimum atomic E-state index is -0.150. The molecule has 5 nitrogen and oxygen atoms in total. The number of aromatic amines is 1. The lowest BCUT2D eigenvalue weighted by atomic mass is 10.1. The minimum Gasteiger partial charge on any atom is -0.326 e. The largest absolute Gasteiger partial charge is 0.326 e. The molecule has 0 saturated heterocycles. The molecule has 3 rings (SSSR count). The van der Waals surface area contributed by atoms with E-state index in [1.54, 1.807) is 18.3 Å². The molecule has 0 radical (unpaired) electrons. The summed E-state index contributed by atoms with van der Waals surface area (Å²) in [6.07, 6.45) is 1.72. The number of carbonyl (C=O) groups excluding carboxylic acids is 1. The lowest BCUT2D eigenvalue weighted by Crippen LogP contribution is -2.12. The minimum absolute atomic E-state index is 0.150. The molecule has 5 heteroatoms. The van der Waals surface area contributed by atoms with Crippen molar-refractivity contribution < 1.29 is 4.79 Å². The Balaban J connectivity index is 1.83. The fourth-order valence-electron chi connectivity index (χ4n) is 2.06. The molecule has 0 atom stereocenters. The lowest BCUT2D eigenvalue weighted by Gasteiger charge is -2.06. The highest BCUT2D eigenvalue weighted by atomic mass is 16.1. The van der Waals surface area contributed by atoms with Crippen LogP contribution < -0.4 is 11.1 Å². The number of hydrogen-bond acceptors (Lipinski definition) is 3. The SMILES string of the molecule is NCc1cccc(C(=O)Nc2ccc3[nH]ncc3c2)c1. The maximum Gasteiger partial charge on any atom is 0.255 e. The average molecular weight is 266 g/mol. The van der Waals surface area contributed by atoms with E-state index in [-0.39, 0.29) is 5.91 Å². The molecule has 0 saturated carbocycles. The summed E-state index contributed by atoms with van der Waals surface area (Å²) in [6.45, 7) is 0.419. The van der Waals surface area contributed by atoms with Crippen molar-refractivity contribution in [3.8, 4) is 0 Å². The standard InChI is InChI=1S/C15H14N4O/c16-8-10-2-1-3-11(6-10)15(20)18-13-4-5-14-12(7-13)9-17-19-14/h1-7,9H,8,16H2,(H,17,19)(H,18,20). The van der Waals surface area contributed by atoms with Crippen LogP contribution in [0.1, 0.15) is 15.9 Å². The number of aromatic nitrogens is 2. The number of rotatable bonds is 3. The van der Waals surface area contributed by atoms with Gasteiger partial charge in [-0.05, 0) is 35.9 Å². The molecule has 1 aromatic heterocycles. The Kier molecular flexibility index (Phi) is 3.18. The monoisotopic (exact) mass is 266 g/mol. The third-order valence-corrected chi connectivity index (χ3v) is 3.12. The fraction of sp³-hybridized carbons (Fsp3) is 0.0667. The highest BCUT2D eigenvalue weighted by Gasteiger charge is 2.07. The second kappa shape index (κ2) is 5.14. The van der Waals surface area contributed by atoms with E-state index in [9.17, 15) is 4.79 Å². The number of nitrogens with zero attached hydrogens (tertiary/aromatic N) is 1. The summed E-state index contributed by atoms with van der Waals surface area (Å²) in [5.41, 5.74) is 8.79. The van der Waals surface area contributed by atoms with Crippen molar-refractivity contribution >= 4 is 22.5 Å². The first kappa shape index (κ1) is 12.4. The van der Waals surface area contributed by atoms with Crippen molar-refractivity contribution in [3.05, 3.63) is 59.8 Å². The van der Waals surface area contributed by atoms with Gasteiger partial charge in [0.15, 0.2) is 0 Å². The van der Waals surface area contributed by atoms with Crippen molar-refractivity contribution in [2.24, 2.45) is 5.73 Å². The average Bonchev–Trinajstić information content (AvgIpc) is 2.95. The van der Waals surface area contributed by atoms with Gasteiger partial charge in [-0.25, -0.2) is 0 Å². The van der Waals surface area contributed by atoms with Crippen LogP contribution in [0, 0.1) is 0 Å². The molecule has 3 aromatic rings. The molecular weight excluding hydrogens is 252 g/mol. The second-order valence-electron chi connectivity index (χ2n) is 4.53. The summed E-state index contributed by atoms with van der Waals surface area (Å²) in [5, 5.41) is 10.6. The number of nitrogens with one attached hydrogen (secondary N) is 2. The summed E-state index contributed by atoms with van der Waals surface area (Å²) in [7, 11) is 0. The number of carbonyl (C=O) groups is 1.